The molecule has 1 atom stereocenters. The molecule has 0 bridgehead atoms. The summed E-state index contributed by atoms with van der Waals surface area (Å²) >= 11 is 4.53. The highest BCUT2D eigenvalue weighted by atomic mass is 79.9. The minimum absolute atomic E-state index is 0.146. The van der Waals surface area contributed by atoms with Gasteiger partial charge >= 0.3 is 5.97 Å². The predicted molar refractivity (Wildman–Crippen MR) is 105 cm³/mol. The molecule has 1 fully saturated rings. The molecule has 1 saturated heterocycles. The van der Waals surface area contributed by atoms with Gasteiger partial charge in [0, 0.05) is 6.54 Å². The van der Waals surface area contributed by atoms with Gasteiger partial charge in [0.2, 0.25) is 15.8 Å². The number of rotatable bonds is 6. The smallest absolute Gasteiger partial charge is 0.324 e. The van der Waals surface area contributed by atoms with Gasteiger partial charge in [-0.1, -0.05) is 17.7 Å². The lowest BCUT2D eigenvalue weighted by Gasteiger charge is -2.22. The second kappa shape index (κ2) is 8.22. The van der Waals surface area contributed by atoms with Crippen molar-refractivity contribution in [1.82, 2.24) is 4.31 Å². The fourth-order valence-electron chi connectivity index (χ4n) is 2.88. The third-order valence-corrected chi connectivity index (χ3v) is 7.88. The van der Waals surface area contributed by atoms with Crippen LogP contribution in [0.25, 0.3) is 0 Å². The molecule has 6 nitrogen and oxygen atoms in total. The van der Waals surface area contributed by atoms with Gasteiger partial charge in [0.05, 0.1) is 13.6 Å². The molecule has 2 heterocycles. The number of esters is 1. The average Bonchev–Trinajstić information content (AvgIpc) is 3.29. The number of hydrogen-bond acceptors (Lipinski definition) is 6. The average molecular weight is 472 g/mol. The first-order valence-corrected chi connectivity index (χ1v) is 11.4. The highest BCUT2D eigenvalue weighted by Crippen LogP contribution is 2.27. The van der Waals surface area contributed by atoms with Crippen LogP contribution in [0.15, 0.2) is 45.1 Å². The normalized spacial score (nSPS) is 17.8. The summed E-state index contributed by atoms with van der Waals surface area (Å²) in [5.74, 6) is -1.00. The number of ether oxygens (including phenoxy) is 1. The van der Waals surface area contributed by atoms with Crippen molar-refractivity contribution in [2.45, 2.75) is 30.7 Å². The Morgan fingerprint density at radius 1 is 1.22 bits per heavy atom. The Morgan fingerprint density at radius 2 is 1.93 bits per heavy atom. The van der Waals surface area contributed by atoms with Gasteiger partial charge in [0.15, 0.2) is 6.61 Å². The molecule has 0 unspecified atom stereocenters. The number of carbonyl (C=O) groups excluding carboxylic acids is 2. The topological polar surface area (TPSA) is 80.8 Å². The number of hydrogen-bond donors (Lipinski definition) is 0. The lowest BCUT2D eigenvalue weighted by Crippen LogP contribution is -2.41. The zero-order valence-corrected chi connectivity index (χ0v) is 17.8. The third kappa shape index (κ3) is 4.48. The third-order valence-electron chi connectivity index (χ3n) is 4.30. The molecule has 0 N–H and O–H groups in total. The Labute approximate surface area is 170 Å². The molecule has 0 aliphatic carbocycles. The van der Waals surface area contributed by atoms with Crippen LogP contribution in [-0.4, -0.2) is 43.7 Å². The largest absolute Gasteiger partial charge is 0.456 e. The van der Waals surface area contributed by atoms with Crippen LogP contribution in [0, 0.1) is 6.92 Å². The Balaban J connectivity index is 1.69. The lowest BCUT2D eigenvalue weighted by atomic mass is 10.2. The van der Waals surface area contributed by atoms with E-state index in [1.807, 2.05) is 6.92 Å². The van der Waals surface area contributed by atoms with Crippen molar-refractivity contribution in [3.8, 4) is 0 Å². The monoisotopic (exact) mass is 471 g/mol. The summed E-state index contributed by atoms with van der Waals surface area (Å²) < 4.78 is 32.9. The zero-order chi connectivity index (χ0) is 19.6. The highest BCUT2D eigenvalue weighted by Gasteiger charge is 2.40. The van der Waals surface area contributed by atoms with Crippen molar-refractivity contribution >= 4 is 49.0 Å². The van der Waals surface area contributed by atoms with Crippen LogP contribution in [0.2, 0.25) is 0 Å². The molecule has 0 radical (unpaired) electrons. The van der Waals surface area contributed by atoms with E-state index in [-0.39, 0.29) is 17.2 Å². The van der Waals surface area contributed by atoms with Crippen LogP contribution in [-0.2, 0) is 19.6 Å². The molecule has 1 aliphatic heterocycles. The molecular weight excluding hydrogens is 454 g/mol. The Bertz CT molecular complexity index is 952. The minimum Gasteiger partial charge on any atom is -0.456 e. The summed E-state index contributed by atoms with van der Waals surface area (Å²) in [5, 5.41) is 0. The van der Waals surface area contributed by atoms with Gasteiger partial charge < -0.3 is 4.74 Å². The minimum atomic E-state index is -3.79. The summed E-state index contributed by atoms with van der Waals surface area (Å²) in [5.41, 5.74) is 0.949. The van der Waals surface area contributed by atoms with Crippen molar-refractivity contribution < 1.29 is 22.7 Å². The number of ketones is 1. The number of nitrogens with zero attached hydrogens (tertiary/aromatic N) is 1. The van der Waals surface area contributed by atoms with Crippen molar-refractivity contribution in [1.29, 1.82) is 0 Å². The number of sulfonamides is 1. The van der Waals surface area contributed by atoms with E-state index < -0.39 is 28.6 Å². The molecule has 1 aromatic heterocycles. The Morgan fingerprint density at radius 3 is 2.56 bits per heavy atom. The van der Waals surface area contributed by atoms with E-state index in [4.69, 9.17) is 4.74 Å². The van der Waals surface area contributed by atoms with E-state index in [1.165, 1.54) is 27.8 Å². The highest BCUT2D eigenvalue weighted by molar-refractivity contribution is 9.11. The molecule has 9 heteroatoms. The number of benzene rings is 1. The van der Waals surface area contributed by atoms with E-state index in [2.05, 4.69) is 15.9 Å². The quantitative estimate of drug-likeness (QED) is 0.476. The van der Waals surface area contributed by atoms with Gasteiger partial charge in [-0.3, -0.25) is 9.59 Å². The number of thiophene rings is 1. The molecule has 27 heavy (non-hydrogen) atoms. The number of Topliss-reactive ketones (excluding diaryl/α,β-unsaturated/α-hetero) is 1. The van der Waals surface area contributed by atoms with E-state index >= 15 is 0 Å². The molecule has 0 saturated carbocycles. The van der Waals surface area contributed by atoms with Crippen LogP contribution >= 0.6 is 27.3 Å². The molecule has 0 amide bonds. The molecule has 3 rings (SSSR count). The second-order valence-electron chi connectivity index (χ2n) is 6.22. The van der Waals surface area contributed by atoms with Crippen LogP contribution < -0.4 is 0 Å². The zero-order valence-electron chi connectivity index (χ0n) is 14.6. The summed E-state index contributed by atoms with van der Waals surface area (Å²) in [6.45, 7) is 1.72. The van der Waals surface area contributed by atoms with Gasteiger partial charge in [-0.2, -0.15) is 4.31 Å². The van der Waals surface area contributed by atoms with Gasteiger partial charge in [0.25, 0.3) is 0 Å². The number of aryl methyl sites for hydroxylation is 1. The van der Waals surface area contributed by atoms with Gasteiger partial charge in [0.1, 0.15) is 6.04 Å². The first-order valence-electron chi connectivity index (χ1n) is 8.33. The summed E-state index contributed by atoms with van der Waals surface area (Å²) in [6, 6.07) is 8.98. The maximum absolute atomic E-state index is 12.9. The van der Waals surface area contributed by atoms with Crippen molar-refractivity contribution in [3.05, 3.63) is 50.6 Å². The first-order chi connectivity index (χ1) is 12.8. The number of halogens is 1. The maximum atomic E-state index is 12.9. The van der Waals surface area contributed by atoms with Gasteiger partial charge in [-0.15, -0.1) is 11.3 Å². The van der Waals surface area contributed by atoms with Crippen molar-refractivity contribution in [3.63, 3.8) is 0 Å². The molecule has 0 spiro atoms. The van der Waals surface area contributed by atoms with Crippen molar-refractivity contribution in [2.75, 3.05) is 13.2 Å². The predicted octanol–water partition coefficient (Wildman–Crippen LogP) is 3.40. The van der Waals surface area contributed by atoms with E-state index in [9.17, 15) is 18.0 Å². The van der Waals surface area contributed by atoms with Crippen LogP contribution in [0.1, 0.15) is 28.1 Å². The lowest BCUT2D eigenvalue weighted by molar-refractivity contribution is -0.146. The van der Waals surface area contributed by atoms with Gasteiger partial charge in [-0.25, -0.2) is 8.42 Å². The molecule has 1 aliphatic rings. The fraction of sp³-hybridized carbons (Fsp3) is 0.333. The Hall–Kier alpha value is -1.55. The Kier molecular flexibility index (Phi) is 6.15. The van der Waals surface area contributed by atoms with E-state index in [1.54, 1.807) is 24.3 Å². The SMILES string of the molecule is Cc1ccc(S(=O)(=O)N2CCC[C@H]2C(=O)OCC(=O)c2ccc(Br)s2)cc1. The second-order valence-corrected chi connectivity index (χ2v) is 10.6. The summed E-state index contributed by atoms with van der Waals surface area (Å²) in [6.07, 6.45) is 0.944. The van der Waals surface area contributed by atoms with Crippen molar-refractivity contribution in [2.24, 2.45) is 0 Å². The van der Waals surface area contributed by atoms with E-state index in [0.717, 1.165) is 9.35 Å². The fourth-order valence-corrected chi connectivity index (χ4v) is 5.83. The molecule has 144 valence electrons. The van der Waals surface area contributed by atoms with Crippen LogP contribution in [0.4, 0.5) is 0 Å². The molecule has 1 aromatic carbocycles. The molecule has 2 aromatic rings. The van der Waals surface area contributed by atoms with Gasteiger partial charge in [-0.05, 0) is 60.0 Å². The number of carbonyl (C=O) groups is 2. The first kappa shape index (κ1) is 20.2. The standard InChI is InChI=1S/C18H18BrNO5S2/c1-12-4-6-13(7-5-12)27(23,24)20-10-2-3-14(20)18(22)25-11-15(21)16-8-9-17(19)26-16/h4-9,14H,2-3,10-11H2,1H3/t14-/m0/s1. The maximum Gasteiger partial charge on any atom is 0.324 e. The van der Waals surface area contributed by atoms with E-state index in [0.29, 0.717) is 17.7 Å². The van der Waals surface area contributed by atoms with Crippen LogP contribution in [0.5, 0.6) is 0 Å². The summed E-state index contributed by atoms with van der Waals surface area (Å²) in [4.78, 5) is 25.2. The van der Waals surface area contributed by atoms with Crippen LogP contribution in [0.3, 0.4) is 0 Å². The summed E-state index contributed by atoms with van der Waals surface area (Å²) in [7, 11) is -3.79. The molecular formula is C18H18BrNO5S2.